The predicted octanol–water partition coefficient (Wildman–Crippen LogP) is 5.73. The lowest BCUT2D eigenvalue weighted by atomic mass is 9.79. The van der Waals surface area contributed by atoms with Gasteiger partial charge in [0.2, 0.25) is 0 Å². The molecule has 4 heteroatoms. The van der Waals surface area contributed by atoms with Gasteiger partial charge in [0.1, 0.15) is 0 Å². The standard InChI is InChI=1S/C18H30.C2H6N2S.CH5N/c1-7-11-18(5,6)17-10-8-9-16(13-17)15(4)12-14(2)3;1-5-2(3)4;1-2/h8-10,13-15H,7,11-12H2,1-6H3;1H3,(H3,3,4);2H2,1H3. The molecule has 3 nitrogen and oxygen atoms in total. The number of hydrogen-bond acceptors (Lipinski definition) is 3. The molecule has 1 unspecified atom stereocenters. The van der Waals surface area contributed by atoms with E-state index in [0.717, 1.165) is 5.92 Å². The first-order valence-corrected chi connectivity index (χ1v) is 10.4. The van der Waals surface area contributed by atoms with Gasteiger partial charge in [0.05, 0.1) is 0 Å². The van der Waals surface area contributed by atoms with Crippen LogP contribution in [-0.2, 0) is 5.41 Å². The number of nitrogens with two attached hydrogens (primary N) is 2. The number of rotatable bonds is 6. The maximum Gasteiger partial charge on any atom is 0.150 e. The van der Waals surface area contributed by atoms with Crippen LogP contribution in [0.4, 0.5) is 0 Å². The van der Waals surface area contributed by atoms with Crippen molar-refractivity contribution < 1.29 is 0 Å². The number of hydrogen-bond donors (Lipinski definition) is 3. The van der Waals surface area contributed by atoms with Crippen molar-refractivity contribution in [2.75, 3.05) is 13.3 Å². The third-order valence-corrected chi connectivity index (χ3v) is 4.60. The Labute approximate surface area is 160 Å². The molecular weight excluding hydrogens is 326 g/mol. The maximum atomic E-state index is 6.48. The van der Waals surface area contributed by atoms with Gasteiger partial charge >= 0.3 is 0 Å². The molecule has 25 heavy (non-hydrogen) atoms. The van der Waals surface area contributed by atoms with Gasteiger partial charge < -0.3 is 11.5 Å². The third kappa shape index (κ3) is 12.1. The monoisotopic (exact) mass is 367 g/mol. The molecule has 0 amide bonds. The molecule has 0 aromatic heterocycles. The quantitative estimate of drug-likeness (QED) is 0.444. The molecule has 0 radical (unpaired) electrons. The van der Waals surface area contributed by atoms with E-state index in [1.807, 2.05) is 0 Å². The molecule has 0 spiro atoms. The van der Waals surface area contributed by atoms with Crippen molar-refractivity contribution in [3.63, 3.8) is 0 Å². The van der Waals surface area contributed by atoms with Crippen molar-refractivity contribution in [1.29, 1.82) is 5.41 Å². The second-order valence-corrected chi connectivity index (χ2v) is 8.21. The summed E-state index contributed by atoms with van der Waals surface area (Å²) in [5.41, 5.74) is 12.6. The summed E-state index contributed by atoms with van der Waals surface area (Å²) in [6, 6.07) is 9.25. The summed E-state index contributed by atoms with van der Waals surface area (Å²) >= 11 is 1.24. The van der Waals surface area contributed by atoms with Gasteiger partial charge in [-0.05, 0) is 54.5 Å². The zero-order valence-electron chi connectivity index (χ0n) is 17.6. The fraction of sp³-hybridized carbons (Fsp3) is 0.667. The summed E-state index contributed by atoms with van der Waals surface area (Å²) in [6.07, 6.45) is 5.55. The molecular formula is C21H41N3S. The van der Waals surface area contributed by atoms with E-state index in [-0.39, 0.29) is 5.17 Å². The first kappa shape index (κ1) is 26.2. The molecule has 1 aromatic carbocycles. The average molecular weight is 368 g/mol. The van der Waals surface area contributed by atoms with E-state index in [2.05, 4.69) is 71.5 Å². The smallest absolute Gasteiger partial charge is 0.150 e. The Morgan fingerprint density at radius 3 is 2.12 bits per heavy atom. The normalized spacial score (nSPS) is 11.8. The van der Waals surface area contributed by atoms with E-state index in [9.17, 15) is 0 Å². The summed E-state index contributed by atoms with van der Waals surface area (Å²) in [7, 11) is 1.50. The second kappa shape index (κ2) is 14.2. The van der Waals surface area contributed by atoms with Crippen LogP contribution in [0.5, 0.6) is 0 Å². The highest BCUT2D eigenvalue weighted by molar-refractivity contribution is 8.13. The number of amidine groups is 1. The SMILES string of the molecule is CCCC(C)(C)c1cccc(C(C)CC(C)C)c1.CN.CSC(=N)N. The lowest BCUT2D eigenvalue weighted by Gasteiger charge is -2.26. The Kier molecular flexibility index (Phi) is 14.9. The number of benzene rings is 1. The van der Waals surface area contributed by atoms with Crippen molar-refractivity contribution >= 4 is 16.9 Å². The average Bonchev–Trinajstić information content (AvgIpc) is 2.56. The minimum atomic E-state index is 0.171. The Morgan fingerprint density at radius 1 is 1.20 bits per heavy atom. The fourth-order valence-corrected chi connectivity index (χ4v) is 2.88. The molecule has 0 aliphatic heterocycles. The predicted molar refractivity (Wildman–Crippen MR) is 118 cm³/mol. The van der Waals surface area contributed by atoms with E-state index >= 15 is 0 Å². The van der Waals surface area contributed by atoms with E-state index in [4.69, 9.17) is 11.1 Å². The lowest BCUT2D eigenvalue weighted by Crippen LogP contribution is -2.17. The van der Waals surface area contributed by atoms with Crippen LogP contribution < -0.4 is 11.5 Å². The topological polar surface area (TPSA) is 75.9 Å². The van der Waals surface area contributed by atoms with Crippen LogP contribution in [0, 0.1) is 11.3 Å². The van der Waals surface area contributed by atoms with Crippen LogP contribution in [0.2, 0.25) is 0 Å². The van der Waals surface area contributed by atoms with Gasteiger partial charge in [0.25, 0.3) is 0 Å². The molecule has 0 saturated carbocycles. The van der Waals surface area contributed by atoms with Gasteiger partial charge in [-0.1, -0.05) is 84.0 Å². The molecule has 0 fully saturated rings. The van der Waals surface area contributed by atoms with Crippen LogP contribution in [0.25, 0.3) is 0 Å². The van der Waals surface area contributed by atoms with Gasteiger partial charge in [0.15, 0.2) is 5.17 Å². The van der Waals surface area contributed by atoms with Crippen molar-refractivity contribution in [3.05, 3.63) is 35.4 Å². The summed E-state index contributed by atoms with van der Waals surface area (Å²) < 4.78 is 0. The molecule has 1 rings (SSSR count). The molecule has 5 N–H and O–H groups in total. The Bertz CT molecular complexity index is 470. The highest BCUT2D eigenvalue weighted by atomic mass is 32.2. The second-order valence-electron chi connectivity index (χ2n) is 7.36. The fourth-order valence-electron chi connectivity index (χ4n) is 2.88. The summed E-state index contributed by atoms with van der Waals surface area (Å²) in [4.78, 5) is 0. The lowest BCUT2D eigenvalue weighted by molar-refractivity contribution is 0.471. The van der Waals surface area contributed by atoms with Crippen LogP contribution in [-0.4, -0.2) is 18.5 Å². The molecule has 1 aromatic rings. The molecule has 0 aliphatic carbocycles. The van der Waals surface area contributed by atoms with Crippen LogP contribution in [0.1, 0.15) is 77.8 Å². The maximum absolute atomic E-state index is 6.48. The molecule has 0 saturated heterocycles. The Hall–Kier alpha value is -1.00. The van der Waals surface area contributed by atoms with Gasteiger partial charge in [0, 0.05) is 0 Å². The third-order valence-electron chi connectivity index (χ3n) is 4.16. The largest absolute Gasteiger partial charge is 0.379 e. The number of nitrogens with one attached hydrogen (secondary N) is 1. The van der Waals surface area contributed by atoms with Gasteiger partial charge in [-0.15, -0.1) is 0 Å². The zero-order valence-corrected chi connectivity index (χ0v) is 18.5. The Balaban J connectivity index is 0. The van der Waals surface area contributed by atoms with Crippen LogP contribution in [0.3, 0.4) is 0 Å². The van der Waals surface area contributed by atoms with Crippen molar-refractivity contribution in [1.82, 2.24) is 0 Å². The molecule has 0 aliphatic rings. The first-order chi connectivity index (χ1) is 11.6. The van der Waals surface area contributed by atoms with Crippen molar-refractivity contribution in [2.45, 2.75) is 72.1 Å². The minimum Gasteiger partial charge on any atom is -0.379 e. The molecule has 0 heterocycles. The summed E-state index contributed by atoms with van der Waals surface area (Å²) in [5, 5.41) is 6.66. The van der Waals surface area contributed by atoms with E-state index in [0.29, 0.717) is 11.3 Å². The highest BCUT2D eigenvalue weighted by Gasteiger charge is 2.20. The molecule has 0 bridgehead atoms. The minimum absolute atomic E-state index is 0.171. The van der Waals surface area contributed by atoms with Gasteiger partial charge in [-0.2, -0.15) is 0 Å². The van der Waals surface area contributed by atoms with E-state index < -0.39 is 0 Å². The Morgan fingerprint density at radius 2 is 1.72 bits per heavy atom. The van der Waals surface area contributed by atoms with Gasteiger partial charge in [-0.3, -0.25) is 5.41 Å². The summed E-state index contributed by atoms with van der Waals surface area (Å²) in [6.45, 7) is 14.0. The van der Waals surface area contributed by atoms with E-state index in [1.54, 1.807) is 6.26 Å². The first-order valence-electron chi connectivity index (χ1n) is 9.20. The summed E-state index contributed by atoms with van der Waals surface area (Å²) in [5.74, 6) is 1.44. The van der Waals surface area contributed by atoms with Crippen molar-refractivity contribution in [2.24, 2.45) is 17.4 Å². The van der Waals surface area contributed by atoms with Crippen molar-refractivity contribution in [3.8, 4) is 0 Å². The van der Waals surface area contributed by atoms with Crippen LogP contribution in [0.15, 0.2) is 24.3 Å². The molecule has 1 atom stereocenters. The zero-order chi connectivity index (χ0) is 20.0. The highest BCUT2D eigenvalue weighted by Crippen LogP contribution is 2.31. The van der Waals surface area contributed by atoms with Crippen LogP contribution >= 0.6 is 11.8 Å². The number of thioether (sulfide) groups is 1. The van der Waals surface area contributed by atoms with Gasteiger partial charge in [-0.25, -0.2) is 0 Å². The van der Waals surface area contributed by atoms with E-state index in [1.165, 1.54) is 49.2 Å². The molecule has 146 valence electrons.